The summed E-state index contributed by atoms with van der Waals surface area (Å²) in [6, 6.07) is 3.66. The van der Waals surface area contributed by atoms with E-state index in [1.165, 1.54) is 0 Å². The van der Waals surface area contributed by atoms with E-state index in [-0.39, 0.29) is 44.3 Å². The number of rotatable bonds is 5. The smallest absolute Gasteiger partial charge is 0.265 e. The molecule has 1 atom stereocenters. The van der Waals surface area contributed by atoms with Crippen LogP contribution in [0.15, 0.2) is 12.1 Å². The molecule has 1 radical (unpaired) electrons. The maximum atomic E-state index is 12.7. The molecule has 0 fully saturated rings. The van der Waals surface area contributed by atoms with Gasteiger partial charge in [-0.05, 0) is 38.3 Å². The predicted molar refractivity (Wildman–Crippen MR) is 94.2 cm³/mol. The molecule has 1 rings (SSSR count). The largest absolute Gasteiger partial charge is 0.322 e. The second kappa shape index (κ2) is 9.12. The first-order chi connectivity index (χ1) is 9.76. The maximum absolute atomic E-state index is 12.7. The van der Waals surface area contributed by atoms with Crippen LogP contribution in [0.3, 0.4) is 0 Å². The van der Waals surface area contributed by atoms with Crippen LogP contribution in [0, 0.1) is 20.4 Å². The Labute approximate surface area is 160 Å². The van der Waals surface area contributed by atoms with Crippen LogP contribution in [0.25, 0.3) is 4.85 Å². The molecule has 0 bridgehead atoms. The average molecular weight is 394 g/mol. The van der Waals surface area contributed by atoms with Crippen LogP contribution in [0.2, 0.25) is 0 Å². The van der Waals surface area contributed by atoms with Crippen molar-refractivity contribution in [1.82, 2.24) is 0 Å². The van der Waals surface area contributed by atoms with Gasteiger partial charge < -0.3 is 5.32 Å². The SMILES string of the molecule is [C-]#[N+]c1cc(C)c(NC(=O)C(CC)[P+](C)(C)CC)c(C)c1.[Y]. The van der Waals surface area contributed by atoms with Crippen LogP contribution < -0.4 is 5.32 Å². The van der Waals surface area contributed by atoms with Crippen molar-refractivity contribution in [2.24, 2.45) is 0 Å². The number of benzene rings is 1. The molecule has 1 aromatic carbocycles. The quantitative estimate of drug-likeness (QED) is 0.561. The molecule has 1 aromatic rings. The summed E-state index contributed by atoms with van der Waals surface area (Å²) in [7, 11) is -1.23. The molecule has 0 heterocycles. The fourth-order valence-electron chi connectivity index (χ4n) is 2.63. The van der Waals surface area contributed by atoms with Crippen LogP contribution in [-0.4, -0.2) is 31.1 Å². The fourth-order valence-corrected chi connectivity index (χ4v) is 4.75. The van der Waals surface area contributed by atoms with Gasteiger partial charge in [0.1, 0.15) is 5.66 Å². The Bertz CT molecular complexity index is 556. The van der Waals surface area contributed by atoms with Gasteiger partial charge in [-0.1, -0.05) is 19.1 Å². The molecule has 5 heteroatoms. The Morgan fingerprint density at radius 3 is 2.14 bits per heavy atom. The van der Waals surface area contributed by atoms with E-state index in [9.17, 15) is 4.79 Å². The molecule has 0 aromatic heterocycles. The molecule has 117 valence electrons. The van der Waals surface area contributed by atoms with E-state index in [1.807, 2.05) is 26.0 Å². The van der Waals surface area contributed by atoms with Gasteiger partial charge in [-0.3, -0.25) is 4.79 Å². The number of amides is 1. The summed E-state index contributed by atoms with van der Waals surface area (Å²) >= 11 is 0. The molecule has 0 spiro atoms. The average Bonchev–Trinajstić information content (AvgIpc) is 2.43. The zero-order valence-corrected chi connectivity index (χ0v) is 18.3. The molecule has 0 aliphatic heterocycles. The number of nitrogens with zero attached hydrogens (tertiary/aromatic N) is 1. The van der Waals surface area contributed by atoms with Gasteiger partial charge in [0.15, 0.2) is 5.69 Å². The van der Waals surface area contributed by atoms with Gasteiger partial charge in [-0.25, -0.2) is 4.85 Å². The minimum atomic E-state index is -1.23. The number of hydrogen-bond acceptors (Lipinski definition) is 1. The summed E-state index contributed by atoms with van der Waals surface area (Å²) in [5.74, 6) is 0.124. The summed E-state index contributed by atoms with van der Waals surface area (Å²) in [6.45, 7) is 19.7. The third kappa shape index (κ3) is 5.12. The van der Waals surface area contributed by atoms with Crippen LogP contribution in [0.1, 0.15) is 31.4 Å². The van der Waals surface area contributed by atoms with E-state index in [4.69, 9.17) is 6.57 Å². The molecular formula is C17H26N2OPY+. The van der Waals surface area contributed by atoms with E-state index in [2.05, 4.69) is 37.3 Å². The van der Waals surface area contributed by atoms with Gasteiger partial charge in [0.05, 0.1) is 12.7 Å². The van der Waals surface area contributed by atoms with E-state index in [0.29, 0.717) is 5.69 Å². The molecule has 0 aliphatic carbocycles. The molecule has 0 aliphatic rings. The van der Waals surface area contributed by atoms with Crippen molar-refractivity contribution in [1.29, 1.82) is 0 Å². The van der Waals surface area contributed by atoms with Gasteiger partial charge in [0.25, 0.3) is 5.91 Å². The van der Waals surface area contributed by atoms with E-state index in [1.54, 1.807) is 0 Å². The van der Waals surface area contributed by atoms with Crippen molar-refractivity contribution in [3.8, 4) is 0 Å². The Hall–Kier alpha value is -0.286. The standard InChI is InChI=1S/C17H25N2OP.Y/c1-8-15(21(6,7)9-2)17(20)19-16-12(3)10-14(18-5)11-13(16)4;/h10-11,15H,8-9H2,1-4,6-7H3;/p+1. The van der Waals surface area contributed by atoms with Crippen molar-refractivity contribution in [2.45, 2.75) is 39.8 Å². The maximum Gasteiger partial charge on any atom is 0.265 e. The zero-order valence-electron chi connectivity index (χ0n) is 14.5. The Kier molecular flexibility index (Phi) is 9.00. The van der Waals surface area contributed by atoms with Crippen LogP contribution in [0.5, 0.6) is 0 Å². The first-order valence-corrected chi connectivity index (χ1v) is 10.3. The second-order valence-corrected chi connectivity index (χ2v) is 10.9. The third-order valence-corrected chi connectivity index (χ3v) is 8.16. The first-order valence-electron chi connectivity index (χ1n) is 7.39. The van der Waals surface area contributed by atoms with Gasteiger partial charge >= 0.3 is 0 Å². The Balaban J connectivity index is 0.00000441. The van der Waals surface area contributed by atoms with E-state index in [0.717, 1.165) is 29.4 Å². The molecule has 1 unspecified atom stereocenters. The minimum Gasteiger partial charge on any atom is -0.322 e. The molecule has 3 nitrogen and oxygen atoms in total. The number of carbonyl (C=O) groups excluding carboxylic acids is 1. The first kappa shape index (κ1) is 21.7. The number of nitrogens with one attached hydrogen (secondary N) is 1. The molecule has 1 amide bonds. The fraction of sp³-hybridized carbons (Fsp3) is 0.529. The molecule has 1 N–H and O–H groups in total. The van der Waals surface area contributed by atoms with E-state index < -0.39 is 7.26 Å². The number of aryl methyl sites for hydroxylation is 2. The van der Waals surface area contributed by atoms with Crippen molar-refractivity contribution >= 4 is 24.5 Å². The topological polar surface area (TPSA) is 33.5 Å². The normalized spacial score (nSPS) is 12.0. The van der Waals surface area contributed by atoms with E-state index >= 15 is 0 Å². The minimum absolute atomic E-state index is 0. The van der Waals surface area contributed by atoms with Gasteiger partial charge in [-0.15, -0.1) is 0 Å². The van der Waals surface area contributed by atoms with Crippen LogP contribution >= 0.6 is 7.26 Å². The van der Waals surface area contributed by atoms with Gasteiger partial charge in [0, 0.05) is 59.0 Å². The van der Waals surface area contributed by atoms with Crippen molar-refractivity contribution in [3.63, 3.8) is 0 Å². The summed E-state index contributed by atoms with van der Waals surface area (Å²) in [4.78, 5) is 16.1. The summed E-state index contributed by atoms with van der Waals surface area (Å²) in [5.41, 5.74) is 3.49. The van der Waals surface area contributed by atoms with Gasteiger partial charge in [0.2, 0.25) is 0 Å². The second-order valence-electron chi connectivity index (χ2n) is 6.07. The third-order valence-electron chi connectivity index (χ3n) is 4.24. The summed E-state index contributed by atoms with van der Waals surface area (Å²) < 4.78 is 0. The number of anilines is 1. The Morgan fingerprint density at radius 2 is 1.77 bits per heavy atom. The molecular weight excluding hydrogens is 368 g/mol. The number of carbonyl (C=O) groups is 1. The van der Waals surface area contributed by atoms with Crippen LogP contribution in [-0.2, 0) is 37.5 Å². The van der Waals surface area contributed by atoms with Crippen molar-refractivity contribution < 1.29 is 37.5 Å². The molecule has 0 saturated heterocycles. The Morgan fingerprint density at radius 1 is 1.27 bits per heavy atom. The van der Waals surface area contributed by atoms with Crippen LogP contribution in [0.4, 0.5) is 11.4 Å². The monoisotopic (exact) mass is 394 g/mol. The zero-order chi connectivity index (χ0) is 16.2. The van der Waals surface area contributed by atoms with Crippen molar-refractivity contribution in [3.05, 3.63) is 34.7 Å². The molecule has 22 heavy (non-hydrogen) atoms. The number of hydrogen-bond donors (Lipinski definition) is 1. The van der Waals surface area contributed by atoms with Crippen molar-refractivity contribution in [2.75, 3.05) is 24.8 Å². The summed E-state index contributed by atoms with van der Waals surface area (Å²) in [5, 5.41) is 3.11. The van der Waals surface area contributed by atoms with Gasteiger partial charge in [-0.2, -0.15) is 0 Å². The predicted octanol–water partition coefficient (Wildman–Crippen LogP) is 4.87. The molecule has 0 saturated carbocycles. The summed E-state index contributed by atoms with van der Waals surface area (Å²) in [6.07, 6.45) is 1.95.